The van der Waals surface area contributed by atoms with Gasteiger partial charge in [0.25, 0.3) is 0 Å². The third-order valence-corrected chi connectivity index (χ3v) is 2.42. The van der Waals surface area contributed by atoms with Crippen molar-refractivity contribution in [2.75, 3.05) is 17.2 Å². The smallest absolute Gasteiger partial charge is 0.224 e. The molecular formula is C12H18N6. The van der Waals surface area contributed by atoms with Crippen LogP contribution in [-0.4, -0.2) is 26.3 Å². The number of anilines is 2. The van der Waals surface area contributed by atoms with E-state index >= 15 is 0 Å². The lowest BCUT2D eigenvalue weighted by Gasteiger charge is -2.06. The van der Waals surface area contributed by atoms with Crippen LogP contribution in [0.1, 0.15) is 18.9 Å². The van der Waals surface area contributed by atoms with Gasteiger partial charge >= 0.3 is 0 Å². The van der Waals surface area contributed by atoms with Gasteiger partial charge in [0.15, 0.2) is 0 Å². The van der Waals surface area contributed by atoms with E-state index in [1.165, 1.54) is 0 Å². The van der Waals surface area contributed by atoms with Crippen LogP contribution >= 0.6 is 0 Å². The standard InChI is InChI=1S/C12H18N6/c1-3-5-13-12-14-6-4-11(17-12)15-7-10-8-16-18(2)9-10/h4,6,8-9H,3,5,7H2,1-2H3,(H2,13,14,15,17). The molecule has 0 bridgehead atoms. The van der Waals surface area contributed by atoms with Gasteiger partial charge in [0, 0.05) is 38.1 Å². The Balaban J connectivity index is 1.92. The monoisotopic (exact) mass is 246 g/mol. The molecule has 0 amide bonds. The lowest BCUT2D eigenvalue weighted by Crippen LogP contribution is -2.07. The summed E-state index contributed by atoms with van der Waals surface area (Å²) in [6.45, 7) is 3.70. The summed E-state index contributed by atoms with van der Waals surface area (Å²) in [6.07, 6.45) is 6.61. The minimum Gasteiger partial charge on any atom is -0.366 e. The number of rotatable bonds is 6. The van der Waals surface area contributed by atoms with E-state index in [2.05, 4.69) is 32.6 Å². The Morgan fingerprint density at radius 1 is 1.33 bits per heavy atom. The van der Waals surface area contributed by atoms with E-state index in [-0.39, 0.29) is 0 Å². The predicted molar refractivity (Wildman–Crippen MR) is 71.3 cm³/mol. The largest absolute Gasteiger partial charge is 0.366 e. The van der Waals surface area contributed by atoms with Crippen molar-refractivity contribution < 1.29 is 0 Å². The molecule has 0 unspecified atom stereocenters. The van der Waals surface area contributed by atoms with Gasteiger partial charge in [-0.25, -0.2) is 4.98 Å². The van der Waals surface area contributed by atoms with Gasteiger partial charge in [0.05, 0.1) is 6.20 Å². The van der Waals surface area contributed by atoms with Crippen molar-refractivity contribution in [2.24, 2.45) is 7.05 Å². The van der Waals surface area contributed by atoms with Crippen molar-refractivity contribution >= 4 is 11.8 Å². The Labute approximate surface area is 106 Å². The summed E-state index contributed by atoms with van der Waals surface area (Å²) in [6, 6.07) is 1.85. The van der Waals surface area contributed by atoms with Gasteiger partial charge in [-0.15, -0.1) is 0 Å². The van der Waals surface area contributed by atoms with Crippen molar-refractivity contribution in [1.29, 1.82) is 0 Å². The Morgan fingerprint density at radius 3 is 2.94 bits per heavy atom. The summed E-state index contributed by atoms with van der Waals surface area (Å²) >= 11 is 0. The lowest BCUT2D eigenvalue weighted by atomic mass is 10.3. The second kappa shape index (κ2) is 6.00. The molecule has 2 rings (SSSR count). The van der Waals surface area contributed by atoms with Gasteiger partial charge in [-0.2, -0.15) is 10.1 Å². The van der Waals surface area contributed by atoms with E-state index in [9.17, 15) is 0 Å². The number of aromatic nitrogens is 4. The number of nitrogens with one attached hydrogen (secondary N) is 2. The van der Waals surface area contributed by atoms with Gasteiger partial charge < -0.3 is 10.6 Å². The average molecular weight is 246 g/mol. The summed E-state index contributed by atoms with van der Waals surface area (Å²) in [7, 11) is 1.90. The Kier molecular flexibility index (Phi) is 4.11. The summed E-state index contributed by atoms with van der Waals surface area (Å²) in [5, 5.41) is 10.5. The molecular weight excluding hydrogens is 228 g/mol. The van der Waals surface area contributed by atoms with E-state index in [0.717, 1.165) is 24.3 Å². The summed E-state index contributed by atoms with van der Waals surface area (Å²) in [5.74, 6) is 1.47. The van der Waals surface area contributed by atoms with Crippen molar-refractivity contribution in [1.82, 2.24) is 19.7 Å². The quantitative estimate of drug-likeness (QED) is 0.811. The first kappa shape index (κ1) is 12.3. The molecule has 6 nitrogen and oxygen atoms in total. The molecule has 0 fully saturated rings. The van der Waals surface area contributed by atoms with Crippen molar-refractivity contribution in [3.63, 3.8) is 0 Å². The maximum absolute atomic E-state index is 4.37. The molecule has 2 aromatic rings. The van der Waals surface area contributed by atoms with Crippen LogP contribution in [0.3, 0.4) is 0 Å². The van der Waals surface area contributed by atoms with Gasteiger partial charge in [-0.1, -0.05) is 6.92 Å². The van der Waals surface area contributed by atoms with E-state index < -0.39 is 0 Å². The molecule has 0 aliphatic carbocycles. The number of hydrogen-bond acceptors (Lipinski definition) is 5. The number of hydrogen-bond donors (Lipinski definition) is 2. The lowest BCUT2D eigenvalue weighted by molar-refractivity contribution is 0.767. The number of nitrogens with zero attached hydrogens (tertiary/aromatic N) is 4. The van der Waals surface area contributed by atoms with E-state index in [0.29, 0.717) is 12.5 Å². The zero-order valence-electron chi connectivity index (χ0n) is 10.7. The Hall–Kier alpha value is -2.11. The molecule has 6 heteroatoms. The predicted octanol–water partition coefficient (Wildman–Crippen LogP) is 1.64. The number of aryl methyl sites for hydroxylation is 1. The molecule has 0 aliphatic heterocycles. The maximum Gasteiger partial charge on any atom is 0.224 e. The molecule has 0 radical (unpaired) electrons. The van der Waals surface area contributed by atoms with Crippen LogP contribution in [0.15, 0.2) is 24.7 Å². The molecule has 2 aromatic heterocycles. The van der Waals surface area contributed by atoms with Crippen LogP contribution in [0.4, 0.5) is 11.8 Å². The third-order valence-electron chi connectivity index (χ3n) is 2.42. The van der Waals surface area contributed by atoms with Crippen LogP contribution in [0, 0.1) is 0 Å². The van der Waals surface area contributed by atoms with Crippen molar-refractivity contribution in [2.45, 2.75) is 19.9 Å². The van der Waals surface area contributed by atoms with Gasteiger partial charge in [-0.3, -0.25) is 4.68 Å². The van der Waals surface area contributed by atoms with E-state index in [1.807, 2.05) is 25.5 Å². The minimum atomic E-state index is 0.660. The molecule has 0 atom stereocenters. The molecule has 2 heterocycles. The molecule has 18 heavy (non-hydrogen) atoms. The fourth-order valence-corrected chi connectivity index (χ4v) is 1.53. The van der Waals surface area contributed by atoms with Crippen LogP contribution in [0.5, 0.6) is 0 Å². The highest BCUT2D eigenvalue weighted by Crippen LogP contribution is 2.07. The molecule has 0 saturated heterocycles. The highest BCUT2D eigenvalue weighted by molar-refractivity contribution is 5.39. The maximum atomic E-state index is 4.37. The van der Waals surface area contributed by atoms with Crippen molar-refractivity contribution in [3.05, 3.63) is 30.2 Å². The highest BCUT2D eigenvalue weighted by Gasteiger charge is 1.99. The first-order valence-electron chi connectivity index (χ1n) is 6.06. The van der Waals surface area contributed by atoms with Crippen LogP contribution < -0.4 is 10.6 Å². The second-order valence-corrected chi connectivity index (χ2v) is 4.07. The second-order valence-electron chi connectivity index (χ2n) is 4.07. The van der Waals surface area contributed by atoms with Crippen LogP contribution in [0.2, 0.25) is 0 Å². The zero-order chi connectivity index (χ0) is 12.8. The SMILES string of the molecule is CCCNc1nccc(NCc2cnn(C)c2)n1. The zero-order valence-corrected chi connectivity index (χ0v) is 10.7. The summed E-state index contributed by atoms with van der Waals surface area (Å²) in [4.78, 5) is 8.53. The van der Waals surface area contributed by atoms with Gasteiger partial charge in [-0.05, 0) is 12.5 Å². The third kappa shape index (κ3) is 3.44. The summed E-state index contributed by atoms with van der Waals surface area (Å²) < 4.78 is 1.78. The average Bonchev–Trinajstić information content (AvgIpc) is 2.80. The molecule has 2 N–H and O–H groups in total. The van der Waals surface area contributed by atoms with Crippen LogP contribution in [0.25, 0.3) is 0 Å². The van der Waals surface area contributed by atoms with E-state index in [4.69, 9.17) is 0 Å². The Morgan fingerprint density at radius 2 is 2.22 bits per heavy atom. The first-order chi connectivity index (χ1) is 8.78. The van der Waals surface area contributed by atoms with Crippen molar-refractivity contribution in [3.8, 4) is 0 Å². The molecule has 0 aliphatic rings. The fourth-order valence-electron chi connectivity index (χ4n) is 1.53. The van der Waals surface area contributed by atoms with Gasteiger partial charge in [0.2, 0.25) is 5.95 Å². The normalized spacial score (nSPS) is 10.3. The molecule has 0 saturated carbocycles. The minimum absolute atomic E-state index is 0.660. The molecule has 0 spiro atoms. The first-order valence-corrected chi connectivity index (χ1v) is 6.06. The molecule has 0 aromatic carbocycles. The van der Waals surface area contributed by atoms with Gasteiger partial charge in [0.1, 0.15) is 5.82 Å². The summed E-state index contributed by atoms with van der Waals surface area (Å²) in [5.41, 5.74) is 1.12. The Bertz CT molecular complexity index is 493. The highest BCUT2D eigenvalue weighted by atomic mass is 15.2. The van der Waals surface area contributed by atoms with E-state index in [1.54, 1.807) is 10.9 Å². The van der Waals surface area contributed by atoms with Crippen LogP contribution in [-0.2, 0) is 13.6 Å². The fraction of sp³-hybridized carbons (Fsp3) is 0.417. The molecule has 96 valence electrons. The topological polar surface area (TPSA) is 67.7 Å².